The number of thiophene rings is 1. The van der Waals surface area contributed by atoms with E-state index in [9.17, 15) is 0 Å². The zero-order valence-corrected chi connectivity index (χ0v) is 10.6. The Morgan fingerprint density at radius 1 is 1.19 bits per heavy atom. The summed E-state index contributed by atoms with van der Waals surface area (Å²) in [5.41, 5.74) is 0.399. The van der Waals surface area contributed by atoms with Gasteiger partial charge in [0.05, 0.1) is 5.54 Å². The lowest BCUT2D eigenvalue weighted by Gasteiger charge is -2.43. The molecule has 2 heterocycles. The van der Waals surface area contributed by atoms with Gasteiger partial charge in [0.1, 0.15) is 0 Å². The van der Waals surface area contributed by atoms with Crippen molar-refractivity contribution in [1.29, 1.82) is 0 Å². The number of hydrogen-bond acceptors (Lipinski definition) is 3. The van der Waals surface area contributed by atoms with Gasteiger partial charge in [0.15, 0.2) is 0 Å². The van der Waals surface area contributed by atoms with Crippen LogP contribution >= 0.6 is 11.3 Å². The minimum Gasteiger partial charge on any atom is -0.314 e. The molecule has 16 heavy (non-hydrogen) atoms. The van der Waals surface area contributed by atoms with Gasteiger partial charge in [-0.1, -0.05) is 18.9 Å². The molecule has 1 aliphatic heterocycles. The first-order valence-corrected chi connectivity index (χ1v) is 7.30. The second-order valence-corrected chi connectivity index (χ2v) is 5.90. The highest BCUT2D eigenvalue weighted by molar-refractivity contribution is 7.10. The lowest BCUT2D eigenvalue weighted by Crippen LogP contribution is -2.53. The van der Waals surface area contributed by atoms with E-state index in [2.05, 4.69) is 27.7 Å². The number of nitrogens with zero attached hydrogens (tertiary/aromatic N) is 1. The van der Waals surface area contributed by atoms with Crippen molar-refractivity contribution < 1.29 is 0 Å². The molecule has 2 nitrogen and oxygen atoms in total. The van der Waals surface area contributed by atoms with Crippen molar-refractivity contribution in [1.82, 2.24) is 10.2 Å². The molecular weight excluding hydrogens is 216 g/mol. The Bertz CT molecular complexity index is 322. The Hall–Kier alpha value is -0.380. The van der Waals surface area contributed by atoms with Crippen LogP contribution in [0.15, 0.2) is 17.5 Å². The molecule has 3 heteroatoms. The molecule has 0 bridgehead atoms. The third-order valence-corrected chi connectivity index (χ3v) is 5.20. The Labute approximate surface area is 102 Å². The van der Waals surface area contributed by atoms with E-state index in [0.717, 1.165) is 13.1 Å². The van der Waals surface area contributed by atoms with Gasteiger partial charge >= 0.3 is 0 Å². The summed E-state index contributed by atoms with van der Waals surface area (Å²) in [5.74, 6) is 0. The highest BCUT2D eigenvalue weighted by Crippen LogP contribution is 2.45. The van der Waals surface area contributed by atoms with Crippen LogP contribution in [-0.2, 0) is 5.54 Å². The lowest BCUT2D eigenvalue weighted by molar-refractivity contribution is 0.0788. The molecule has 0 unspecified atom stereocenters. The molecule has 1 saturated heterocycles. The van der Waals surface area contributed by atoms with E-state index in [1.165, 1.54) is 38.8 Å². The van der Waals surface area contributed by atoms with E-state index < -0.39 is 0 Å². The monoisotopic (exact) mass is 236 g/mol. The fraction of sp³-hybridized carbons (Fsp3) is 0.692. The molecule has 0 atom stereocenters. The largest absolute Gasteiger partial charge is 0.314 e. The molecule has 1 aromatic rings. The van der Waals surface area contributed by atoms with Gasteiger partial charge in [-0.3, -0.25) is 4.90 Å². The van der Waals surface area contributed by atoms with Crippen molar-refractivity contribution in [3.05, 3.63) is 22.4 Å². The highest BCUT2D eigenvalue weighted by Gasteiger charge is 2.41. The third-order valence-electron chi connectivity index (χ3n) is 4.13. The van der Waals surface area contributed by atoms with Gasteiger partial charge in [-0.2, -0.15) is 0 Å². The number of rotatable bonds is 2. The zero-order valence-electron chi connectivity index (χ0n) is 9.74. The quantitative estimate of drug-likeness (QED) is 0.848. The summed E-state index contributed by atoms with van der Waals surface area (Å²) in [6.45, 7) is 4.76. The van der Waals surface area contributed by atoms with Crippen LogP contribution in [0.2, 0.25) is 0 Å². The van der Waals surface area contributed by atoms with Gasteiger partial charge in [-0.15, -0.1) is 11.3 Å². The van der Waals surface area contributed by atoms with Gasteiger partial charge < -0.3 is 5.32 Å². The van der Waals surface area contributed by atoms with Gasteiger partial charge in [-0.25, -0.2) is 0 Å². The van der Waals surface area contributed by atoms with Crippen LogP contribution in [0.4, 0.5) is 0 Å². The van der Waals surface area contributed by atoms with Gasteiger partial charge in [0.25, 0.3) is 0 Å². The van der Waals surface area contributed by atoms with Crippen molar-refractivity contribution in [2.24, 2.45) is 0 Å². The molecule has 0 amide bonds. The van der Waals surface area contributed by atoms with E-state index >= 15 is 0 Å². The van der Waals surface area contributed by atoms with E-state index in [1.807, 2.05) is 11.3 Å². The summed E-state index contributed by atoms with van der Waals surface area (Å²) in [5, 5.41) is 5.70. The van der Waals surface area contributed by atoms with Crippen LogP contribution in [0.25, 0.3) is 0 Å². The average molecular weight is 236 g/mol. The zero-order chi connectivity index (χ0) is 10.8. The van der Waals surface area contributed by atoms with Crippen LogP contribution in [0.3, 0.4) is 0 Å². The second kappa shape index (κ2) is 4.47. The minimum atomic E-state index is 0.399. The Morgan fingerprint density at radius 2 is 1.94 bits per heavy atom. The molecule has 0 radical (unpaired) electrons. The number of nitrogens with one attached hydrogen (secondary N) is 1. The molecule has 88 valence electrons. The summed E-state index contributed by atoms with van der Waals surface area (Å²) in [7, 11) is 0. The van der Waals surface area contributed by atoms with Crippen LogP contribution in [0.1, 0.15) is 30.6 Å². The predicted molar refractivity (Wildman–Crippen MR) is 68.9 cm³/mol. The standard InChI is InChI=1S/C13H20N2S/c1-2-6-13(5-1,12-4-3-11-16-12)15-9-7-14-8-10-15/h3-4,11,14H,1-2,5-10H2. The van der Waals surface area contributed by atoms with E-state index in [1.54, 1.807) is 4.88 Å². The lowest BCUT2D eigenvalue weighted by atomic mass is 9.92. The number of hydrogen-bond donors (Lipinski definition) is 1. The first-order chi connectivity index (χ1) is 7.92. The van der Waals surface area contributed by atoms with E-state index in [-0.39, 0.29) is 0 Å². The first-order valence-electron chi connectivity index (χ1n) is 6.42. The fourth-order valence-electron chi connectivity index (χ4n) is 3.31. The van der Waals surface area contributed by atoms with Gasteiger partial charge in [-0.05, 0) is 24.3 Å². The Kier molecular flexibility index (Phi) is 3.01. The van der Waals surface area contributed by atoms with Crippen molar-refractivity contribution in [3.8, 4) is 0 Å². The van der Waals surface area contributed by atoms with Crippen molar-refractivity contribution in [2.75, 3.05) is 26.2 Å². The molecule has 2 aliphatic rings. The van der Waals surface area contributed by atoms with Gasteiger partial charge in [0.2, 0.25) is 0 Å². The maximum Gasteiger partial charge on any atom is 0.0554 e. The summed E-state index contributed by atoms with van der Waals surface area (Å²) in [6, 6.07) is 4.56. The van der Waals surface area contributed by atoms with Crippen LogP contribution < -0.4 is 5.32 Å². The van der Waals surface area contributed by atoms with Crippen LogP contribution in [-0.4, -0.2) is 31.1 Å². The van der Waals surface area contributed by atoms with Crippen LogP contribution in [0, 0.1) is 0 Å². The molecule has 0 spiro atoms. The van der Waals surface area contributed by atoms with Crippen molar-refractivity contribution in [3.63, 3.8) is 0 Å². The topological polar surface area (TPSA) is 15.3 Å². The first kappa shape index (κ1) is 10.8. The smallest absolute Gasteiger partial charge is 0.0554 e. The molecule has 0 aromatic carbocycles. The molecule has 2 fully saturated rings. The van der Waals surface area contributed by atoms with Crippen molar-refractivity contribution in [2.45, 2.75) is 31.2 Å². The molecule has 1 aliphatic carbocycles. The maximum atomic E-state index is 3.46. The average Bonchev–Trinajstić information content (AvgIpc) is 3.02. The van der Waals surface area contributed by atoms with Crippen LogP contribution in [0.5, 0.6) is 0 Å². The predicted octanol–water partition coefficient (Wildman–Crippen LogP) is 2.42. The third kappa shape index (κ3) is 1.71. The molecule has 1 aromatic heterocycles. The highest BCUT2D eigenvalue weighted by atomic mass is 32.1. The normalized spacial score (nSPS) is 26.0. The van der Waals surface area contributed by atoms with Gasteiger partial charge in [0, 0.05) is 31.1 Å². The summed E-state index contributed by atoms with van der Waals surface area (Å²) in [4.78, 5) is 4.34. The SMILES string of the molecule is c1csc(C2(N3CCNCC3)CCCC2)c1. The minimum absolute atomic E-state index is 0.399. The second-order valence-electron chi connectivity index (χ2n) is 4.95. The van der Waals surface area contributed by atoms with E-state index in [0.29, 0.717) is 5.54 Å². The molecular formula is C13H20N2S. The Morgan fingerprint density at radius 3 is 2.56 bits per heavy atom. The summed E-state index contributed by atoms with van der Waals surface area (Å²) in [6.07, 6.45) is 5.55. The maximum absolute atomic E-state index is 3.46. The molecule has 1 N–H and O–H groups in total. The molecule has 1 saturated carbocycles. The summed E-state index contributed by atoms with van der Waals surface area (Å²) >= 11 is 1.95. The Balaban J connectivity index is 1.90. The molecule has 3 rings (SSSR count). The fourth-order valence-corrected chi connectivity index (χ4v) is 4.33. The van der Waals surface area contributed by atoms with Crippen molar-refractivity contribution >= 4 is 11.3 Å². The summed E-state index contributed by atoms with van der Waals surface area (Å²) < 4.78 is 0. The van der Waals surface area contributed by atoms with E-state index in [4.69, 9.17) is 0 Å². The number of piperazine rings is 1.